The molecule has 2 rings (SSSR count). The lowest BCUT2D eigenvalue weighted by atomic mass is 10.0. The van der Waals surface area contributed by atoms with Gasteiger partial charge in [-0.15, -0.1) is 0 Å². The van der Waals surface area contributed by atoms with E-state index in [0.29, 0.717) is 10.9 Å². The van der Waals surface area contributed by atoms with Gasteiger partial charge >= 0.3 is 5.63 Å². The summed E-state index contributed by atoms with van der Waals surface area (Å²) in [5, 5.41) is 23.0. The van der Waals surface area contributed by atoms with Crippen LogP contribution >= 0.6 is 11.6 Å². The Hall–Kier alpha value is -2.54. The molecule has 1 aromatic heterocycles. The number of fused-ring (bicyclic) bond motifs is 1. The SMILES string of the molecule is Cc1c(CC(=O)NCCCC(=O)[O-])c(=O)oc2cc(O)c(Cl)cc12. The Kier molecular flexibility index (Phi) is 5.46. The number of aryl methyl sites for hydroxylation is 1. The molecule has 8 heteroatoms. The molecular weight excluding hydrogens is 338 g/mol. The summed E-state index contributed by atoms with van der Waals surface area (Å²) in [5.41, 5.74) is 0.221. The van der Waals surface area contributed by atoms with Crippen LogP contribution in [0.1, 0.15) is 24.0 Å². The third-order valence-electron chi connectivity index (χ3n) is 3.57. The van der Waals surface area contributed by atoms with Gasteiger partial charge in [0.1, 0.15) is 11.3 Å². The molecule has 0 bridgehead atoms. The van der Waals surface area contributed by atoms with E-state index in [2.05, 4.69) is 5.32 Å². The van der Waals surface area contributed by atoms with Gasteiger partial charge in [0.2, 0.25) is 5.91 Å². The maximum Gasteiger partial charge on any atom is 0.340 e. The number of hydrogen-bond donors (Lipinski definition) is 2. The first-order valence-electron chi connectivity index (χ1n) is 7.21. The van der Waals surface area contributed by atoms with E-state index in [1.807, 2.05) is 0 Å². The Bertz CT molecular complexity index is 858. The van der Waals surface area contributed by atoms with Gasteiger partial charge in [0.25, 0.3) is 0 Å². The number of nitrogens with one attached hydrogen (secondary N) is 1. The molecule has 0 radical (unpaired) electrons. The zero-order valence-corrected chi connectivity index (χ0v) is 13.6. The lowest BCUT2D eigenvalue weighted by Gasteiger charge is -2.09. The lowest BCUT2D eigenvalue weighted by molar-refractivity contribution is -0.305. The molecule has 0 aliphatic rings. The highest BCUT2D eigenvalue weighted by Crippen LogP contribution is 2.30. The summed E-state index contributed by atoms with van der Waals surface area (Å²) in [7, 11) is 0. The quantitative estimate of drug-likeness (QED) is 0.581. The van der Waals surface area contributed by atoms with Crippen molar-refractivity contribution in [3.05, 3.63) is 38.7 Å². The molecule has 2 aromatic rings. The fraction of sp³-hybridized carbons (Fsp3) is 0.312. The standard InChI is InChI=1S/C16H16ClNO6/c1-8-9-5-11(17)12(19)7-13(9)24-16(23)10(8)6-14(20)18-4-2-3-15(21)22/h5,7,19H,2-4,6H2,1H3,(H,18,20)(H,21,22)/p-1. The van der Waals surface area contributed by atoms with Crippen molar-refractivity contribution >= 4 is 34.4 Å². The minimum absolute atomic E-state index is 0.108. The van der Waals surface area contributed by atoms with Gasteiger partial charge in [0, 0.05) is 24.0 Å². The molecule has 0 aliphatic heterocycles. The number of aromatic hydroxyl groups is 1. The number of carbonyl (C=O) groups is 2. The molecule has 0 spiro atoms. The van der Waals surface area contributed by atoms with Crippen molar-refractivity contribution in [2.45, 2.75) is 26.2 Å². The number of rotatable bonds is 6. The summed E-state index contributed by atoms with van der Waals surface area (Å²) >= 11 is 5.87. The molecule has 2 N–H and O–H groups in total. The van der Waals surface area contributed by atoms with Crippen molar-refractivity contribution < 1.29 is 24.2 Å². The Labute approximate surface area is 141 Å². The monoisotopic (exact) mass is 352 g/mol. The highest BCUT2D eigenvalue weighted by Gasteiger charge is 2.16. The Morgan fingerprint density at radius 3 is 2.75 bits per heavy atom. The summed E-state index contributed by atoms with van der Waals surface area (Å²) in [4.78, 5) is 34.2. The van der Waals surface area contributed by atoms with Gasteiger partial charge in [0.15, 0.2) is 0 Å². The number of halogens is 1. The predicted molar refractivity (Wildman–Crippen MR) is 84.9 cm³/mol. The highest BCUT2D eigenvalue weighted by molar-refractivity contribution is 6.32. The average Bonchev–Trinajstić information content (AvgIpc) is 2.50. The van der Waals surface area contributed by atoms with Gasteiger partial charge in [0.05, 0.1) is 17.0 Å². The first-order valence-corrected chi connectivity index (χ1v) is 7.58. The Morgan fingerprint density at radius 1 is 1.38 bits per heavy atom. The van der Waals surface area contributed by atoms with E-state index in [-0.39, 0.29) is 47.7 Å². The average molecular weight is 353 g/mol. The van der Waals surface area contributed by atoms with Gasteiger partial charge in [-0.3, -0.25) is 4.79 Å². The summed E-state index contributed by atoms with van der Waals surface area (Å²) in [6, 6.07) is 2.71. The number of carboxylic acid groups (broad SMARTS) is 1. The summed E-state index contributed by atoms with van der Waals surface area (Å²) in [6.07, 6.45) is -0.110. The van der Waals surface area contributed by atoms with Gasteiger partial charge in [-0.2, -0.15) is 0 Å². The van der Waals surface area contributed by atoms with E-state index in [9.17, 15) is 24.6 Å². The predicted octanol–water partition coefficient (Wildman–Crippen LogP) is 0.649. The van der Waals surface area contributed by atoms with Gasteiger partial charge < -0.3 is 24.7 Å². The van der Waals surface area contributed by atoms with Crippen molar-refractivity contribution in [3.8, 4) is 5.75 Å². The summed E-state index contributed by atoms with van der Waals surface area (Å²) < 4.78 is 5.13. The molecule has 128 valence electrons. The number of amides is 1. The Balaban J connectivity index is 2.20. The van der Waals surface area contributed by atoms with Crippen molar-refractivity contribution in [1.29, 1.82) is 0 Å². The molecule has 0 atom stereocenters. The van der Waals surface area contributed by atoms with Crippen LogP contribution in [0.5, 0.6) is 5.75 Å². The molecule has 0 saturated carbocycles. The van der Waals surface area contributed by atoms with E-state index >= 15 is 0 Å². The second kappa shape index (κ2) is 7.35. The summed E-state index contributed by atoms with van der Waals surface area (Å²) in [5.74, 6) is -1.81. The van der Waals surface area contributed by atoms with Crippen LogP contribution in [0.25, 0.3) is 11.0 Å². The fourth-order valence-electron chi connectivity index (χ4n) is 2.29. The molecule has 0 aliphatic carbocycles. The van der Waals surface area contributed by atoms with E-state index in [4.69, 9.17) is 16.0 Å². The molecular formula is C16H15ClNO6-. The molecule has 0 unspecified atom stereocenters. The first-order chi connectivity index (χ1) is 11.3. The molecule has 24 heavy (non-hydrogen) atoms. The third-order valence-corrected chi connectivity index (χ3v) is 3.87. The van der Waals surface area contributed by atoms with Crippen LogP contribution in [0, 0.1) is 6.92 Å². The molecule has 1 heterocycles. The van der Waals surface area contributed by atoms with Crippen LogP contribution in [0.4, 0.5) is 0 Å². The smallest absolute Gasteiger partial charge is 0.340 e. The fourth-order valence-corrected chi connectivity index (χ4v) is 2.45. The topological polar surface area (TPSA) is 120 Å². The number of carbonyl (C=O) groups excluding carboxylic acids is 2. The highest BCUT2D eigenvalue weighted by atomic mass is 35.5. The van der Waals surface area contributed by atoms with E-state index in [0.717, 1.165) is 0 Å². The van der Waals surface area contributed by atoms with Crippen LogP contribution in [-0.2, 0) is 16.0 Å². The number of aliphatic carboxylic acids is 1. The van der Waals surface area contributed by atoms with Crippen LogP contribution in [0.15, 0.2) is 21.3 Å². The molecule has 7 nitrogen and oxygen atoms in total. The number of hydrogen-bond acceptors (Lipinski definition) is 6. The van der Waals surface area contributed by atoms with Crippen molar-refractivity contribution in [3.63, 3.8) is 0 Å². The number of benzene rings is 1. The van der Waals surface area contributed by atoms with E-state index < -0.39 is 17.5 Å². The third kappa shape index (κ3) is 4.05. The second-order valence-electron chi connectivity index (χ2n) is 5.30. The molecule has 1 aromatic carbocycles. The maximum absolute atomic E-state index is 12.1. The number of carboxylic acids is 1. The van der Waals surface area contributed by atoms with Crippen molar-refractivity contribution in [2.24, 2.45) is 0 Å². The van der Waals surface area contributed by atoms with Crippen molar-refractivity contribution in [1.82, 2.24) is 5.32 Å². The summed E-state index contributed by atoms with van der Waals surface area (Å²) in [6.45, 7) is 1.83. The first kappa shape index (κ1) is 17.8. The largest absolute Gasteiger partial charge is 0.550 e. The van der Waals surface area contributed by atoms with Crippen LogP contribution in [0.3, 0.4) is 0 Å². The van der Waals surface area contributed by atoms with Gasteiger partial charge in [-0.25, -0.2) is 4.79 Å². The maximum atomic E-state index is 12.1. The minimum Gasteiger partial charge on any atom is -0.550 e. The Morgan fingerprint density at radius 2 is 2.08 bits per heavy atom. The van der Waals surface area contributed by atoms with Crippen molar-refractivity contribution in [2.75, 3.05) is 6.54 Å². The molecule has 1 amide bonds. The molecule has 0 fully saturated rings. The zero-order valence-electron chi connectivity index (χ0n) is 12.8. The van der Waals surface area contributed by atoms with Crippen LogP contribution in [-0.4, -0.2) is 23.5 Å². The van der Waals surface area contributed by atoms with E-state index in [1.165, 1.54) is 12.1 Å². The van der Waals surface area contributed by atoms with Crippen LogP contribution in [0.2, 0.25) is 5.02 Å². The minimum atomic E-state index is -1.18. The zero-order chi connectivity index (χ0) is 17.9. The van der Waals surface area contributed by atoms with Gasteiger partial charge in [-0.05, 0) is 31.4 Å². The normalized spacial score (nSPS) is 10.8. The van der Waals surface area contributed by atoms with Gasteiger partial charge in [-0.1, -0.05) is 11.6 Å². The van der Waals surface area contributed by atoms with Crippen LogP contribution < -0.4 is 16.0 Å². The number of phenols is 1. The lowest BCUT2D eigenvalue weighted by Crippen LogP contribution is -2.30. The second-order valence-corrected chi connectivity index (χ2v) is 5.70. The van der Waals surface area contributed by atoms with E-state index in [1.54, 1.807) is 6.92 Å². The molecule has 0 saturated heterocycles. The number of phenolic OH excluding ortho intramolecular Hbond substituents is 1.